The molecule has 5 rings (SSSR count). The lowest BCUT2D eigenvalue weighted by Gasteiger charge is -2.36. The highest BCUT2D eigenvalue weighted by molar-refractivity contribution is 7.17. The Labute approximate surface area is 179 Å². The normalized spacial score (nSPS) is 14.3. The number of carbonyl (C=O) groups excluding carboxylic acids is 1. The number of anilines is 2. The molecule has 0 spiro atoms. The first kappa shape index (κ1) is 18.8. The third-order valence-corrected chi connectivity index (χ3v) is 6.58. The fourth-order valence-corrected chi connectivity index (χ4v) is 4.87. The van der Waals surface area contributed by atoms with Crippen LogP contribution in [-0.4, -0.2) is 41.9 Å². The number of carbonyl (C=O) groups is 1. The number of aromatic nitrogens is 2. The maximum Gasteiger partial charge on any atom is 0.159 e. The van der Waals surface area contributed by atoms with E-state index in [2.05, 4.69) is 44.4 Å². The van der Waals surface area contributed by atoms with E-state index in [4.69, 9.17) is 4.98 Å². The van der Waals surface area contributed by atoms with Gasteiger partial charge in [-0.3, -0.25) is 9.78 Å². The van der Waals surface area contributed by atoms with Crippen LogP contribution in [0.25, 0.3) is 21.3 Å². The molecule has 4 aromatic rings. The van der Waals surface area contributed by atoms with Gasteiger partial charge in [0, 0.05) is 58.5 Å². The minimum absolute atomic E-state index is 0.100. The van der Waals surface area contributed by atoms with Crippen molar-refractivity contribution in [3.05, 3.63) is 71.9 Å². The predicted molar refractivity (Wildman–Crippen MR) is 124 cm³/mol. The van der Waals surface area contributed by atoms with E-state index in [1.54, 1.807) is 18.3 Å². The molecule has 1 saturated heterocycles. The highest BCUT2D eigenvalue weighted by Gasteiger charge is 2.19. The number of hydrogen-bond donors (Lipinski definition) is 0. The SMILES string of the molecule is CC(=O)c1ccc(N2CCN(c3cncc(-c4csc5ccccc45)n3)CC2)cc1. The van der Waals surface area contributed by atoms with E-state index in [1.807, 2.05) is 36.7 Å². The molecule has 1 fully saturated rings. The molecule has 30 heavy (non-hydrogen) atoms. The molecular formula is C24H22N4OS. The van der Waals surface area contributed by atoms with Gasteiger partial charge < -0.3 is 9.80 Å². The highest BCUT2D eigenvalue weighted by atomic mass is 32.1. The number of hydrogen-bond acceptors (Lipinski definition) is 6. The summed E-state index contributed by atoms with van der Waals surface area (Å²) in [6, 6.07) is 16.3. The minimum Gasteiger partial charge on any atom is -0.368 e. The van der Waals surface area contributed by atoms with E-state index in [-0.39, 0.29) is 5.78 Å². The topological polar surface area (TPSA) is 49.3 Å². The molecule has 1 aliphatic heterocycles. The van der Waals surface area contributed by atoms with Gasteiger partial charge in [0.25, 0.3) is 0 Å². The molecule has 5 nitrogen and oxygen atoms in total. The van der Waals surface area contributed by atoms with E-state index < -0.39 is 0 Å². The summed E-state index contributed by atoms with van der Waals surface area (Å²) >= 11 is 1.74. The number of fused-ring (bicyclic) bond motifs is 1. The third-order valence-electron chi connectivity index (χ3n) is 5.62. The van der Waals surface area contributed by atoms with Crippen molar-refractivity contribution >= 4 is 38.7 Å². The number of benzene rings is 2. The van der Waals surface area contributed by atoms with Gasteiger partial charge in [-0.15, -0.1) is 11.3 Å². The van der Waals surface area contributed by atoms with Gasteiger partial charge in [-0.2, -0.15) is 0 Å². The zero-order valence-corrected chi connectivity index (χ0v) is 17.6. The van der Waals surface area contributed by atoms with Crippen LogP contribution in [0.15, 0.2) is 66.3 Å². The van der Waals surface area contributed by atoms with Gasteiger partial charge in [0.2, 0.25) is 0 Å². The Bertz CT molecular complexity index is 1190. The molecule has 0 N–H and O–H groups in total. The van der Waals surface area contributed by atoms with E-state index in [0.717, 1.165) is 54.5 Å². The van der Waals surface area contributed by atoms with Gasteiger partial charge in [-0.1, -0.05) is 18.2 Å². The Balaban J connectivity index is 1.32. The first-order valence-electron chi connectivity index (χ1n) is 10.1. The Kier molecular flexibility index (Phi) is 4.93. The zero-order chi connectivity index (χ0) is 20.5. The largest absolute Gasteiger partial charge is 0.368 e. The van der Waals surface area contributed by atoms with Crippen molar-refractivity contribution in [2.24, 2.45) is 0 Å². The minimum atomic E-state index is 0.100. The summed E-state index contributed by atoms with van der Waals surface area (Å²) in [6.45, 7) is 5.19. The van der Waals surface area contributed by atoms with Crippen molar-refractivity contribution < 1.29 is 4.79 Å². The Morgan fingerprint density at radius 2 is 1.67 bits per heavy atom. The monoisotopic (exact) mass is 414 g/mol. The van der Waals surface area contributed by atoms with Gasteiger partial charge in [-0.25, -0.2) is 4.98 Å². The standard InChI is InChI=1S/C24H22N4OS/c1-17(29)18-6-8-19(9-7-18)27-10-12-28(13-11-27)24-15-25-14-22(26-24)21-16-30-23-5-3-2-4-20(21)23/h2-9,14-16H,10-13H2,1H3. The van der Waals surface area contributed by atoms with Gasteiger partial charge in [0.1, 0.15) is 5.82 Å². The predicted octanol–water partition coefficient (Wildman–Crippen LogP) is 4.89. The average molecular weight is 415 g/mol. The second-order valence-corrected chi connectivity index (χ2v) is 8.40. The van der Waals surface area contributed by atoms with Gasteiger partial charge in [-0.05, 0) is 37.3 Å². The van der Waals surface area contributed by atoms with Crippen LogP contribution in [0.2, 0.25) is 0 Å². The van der Waals surface area contributed by atoms with E-state index in [1.165, 1.54) is 10.1 Å². The van der Waals surface area contributed by atoms with Crippen LogP contribution in [0, 0.1) is 0 Å². The second kappa shape index (κ2) is 7.88. The molecule has 3 heterocycles. The maximum atomic E-state index is 11.5. The Morgan fingerprint density at radius 3 is 2.43 bits per heavy atom. The van der Waals surface area contributed by atoms with E-state index in [9.17, 15) is 4.79 Å². The zero-order valence-electron chi connectivity index (χ0n) is 16.8. The van der Waals surface area contributed by atoms with Crippen LogP contribution < -0.4 is 9.80 Å². The first-order valence-corrected chi connectivity index (χ1v) is 11.0. The van der Waals surface area contributed by atoms with Gasteiger partial charge in [0.15, 0.2) is 5.78 Å². The van der Waals surface area contributed by atoms with Crippen LogP contribution in [0.1, 0.15) is 17.3 Å². The van der Waals surface area contributed by atoms with Crippen LogP contribution in [0.5, 0.6) is 0 Å². The molecule has 1 aliphatic rings. The summed E-state index contributed by atoms with van der Waals surface area (Å²) in [7, 11) is 0. The number of piperazine rings is 1. The quantitative estimate of drug-likeness (QED) is 0.445. The van der Waals surface area contributed by atoms with Crippen molar-refractivity contribution in [3.8, 4) is 11.3 Å². The molecule has 0 bridgehead atoms. The highest BCUT2D eigenvalue weighted by Crippen LogP contribution is 2.33. The molecule has 0 unspecified atom stereocenters. The molecule has 6 heteroatoms. The van der Waals surface area contributed by atoms with Crippen molar-refractivity contribution in [1.82, 2.24) is 9.97 Å². The van der Waals surface area contributed by atoms with E-state index >= 15 is 0 Å². The van der Waals surface area contributed by atoms with Crippen molar-refractivity contribution in [2.75, 3.05) is 36.0 Å². The molecule has 0 radical (unpaired) electrons. The molecule has 150 valence electrons. The summed E-state index contributed by atoms with van der Waals surface area (Å²) in [5.74, 6) is 1.03. The summed E-state index contributed by atoms with van der Waals surface area (Å²) in [5, 5.41) is 3.40. The second-order valence-electron chi connectivity index (χ2n) is 7.49. The Morgan fingerprint density at radius 1 is 0.933 bits per heavy atom. The lowest BCUT2D eigenvalue weighted by Crippen LogP contribution is -2.46. The van der Waals surface area contributed by atoms with Gasteiger partial charge in [0.05, 0.1) is 18.1 Å². The lowest BCUT2D eigenvalue weighted by atomic mass is 10.1. The first-order chi connectivity index (χ1) is 14.7. The summed E-state index contributed by atoms with van der Waals surface area (Å²) in [4.78, 5) is 25.5. The van der Waals surface area contributed by atoms with Gasteiger partial charge >= 0.3 is 0 Å². The van der Waals surface area contributed by atoms with Crippen molar-refractivity contribution in [3.63, 3.8) is 0 Å². The number of Topliss-reactive ketones (excluding diaryl/α,β-unsaturated/α-hetero) is 1. The maximum absolute atomic E-state index is 11.5. The summed E-state index contributed by atoms with van der Waals surface area (Å²) in [6.07, 6.45) is 3.71. The average Bonchev–Trinajstić information content (AvgIpc) is 3.24. The molecule has 0 atom stereocenters. The fraction of sp³-hybridized carbons (Fsp3) is 0.208. The number of nitrogens with zero attached hydrogens (tertiary/aromatic N) is 4. The van der Waals surface area contributed by atoms with Crippen LogP contribution in [-0.2, 0) is 0 Å². The molecule has 0 saturated carbocycles. The fourth-order valence-electron chi connectivity index (χ4n) is 3.91. The molecule has 2 aromatic heterocycles. The number of rotatable bonds is 4. The number of ketones is 1. The molecule has 0 amide bonds. The smallest absolute Gasteiger partial charge is 0.159 e. The number of thiophene rings is 1. The van der Waals surface area contributed by atoms with Crippen molar-refractivity contribution in [1.29, 1.82) is 0 Å². The van der Waals surface area contributed by atoms with E-state index in [0.29, 0.717) is 0 Å². The molecule has 0 aliphatic carbocycles. The molecule has 2 aromatic carbocycles. The van der Waals surface area contributed by atoms with Crippen LogP contribution in [0.4, 0.5) is 11.5 Å². The van der Waals surface area contributed by atoms with Crippen LogP contribution in [0.3, 0.4) is 0 Å². The summed E-state index contributed by atoms with van der Waals surface area (Å²) in [5.41, 5.74) is 3.98. The summed E-state index contributed by atoms with van der Waals surface area (Å²) < 4.78 is 1.27. The lowest BCUT2D eigenvalue weighted by molar-refractivity contribution is 0.101. The van der Waals surface area contributed by atoms with Crippen molar-refractivity contribution in [2.45, 2.75) is 6.92 Å². The Hall–Kier alpha value is -3.25. The van der Waals surface area contributed by atoms with Crippen LogP contribution >= 0.6 is 11.3 Å². The molecular weight excluding hydrogens is 392 g/mol. The third kappa shape index (κ3) is 3.55.